The molecule has 0 saturated heterocycles. The number of fused-ring (bicyclic) bond motifs is 1. The minimum absolute atomic E-state index is 0.505. The van der Waals surface area contributed by atoms with E-state index < -0.39 is 0 Å². The third-order valence-corrected chi connectivity index (χ3v) is 2.64. The fourth-order valence-electron chi connectivity index (χ4n) is 1.69. The van der Waals surface area contributed by atoms with Gasteiger partial charge in [-0.25, -0.2) is 0 Å². The maximum Gasteiger partial charge on any atom is 0.0480 e. The highest BCUT2D eigenvalue weighted by molar-refractivity contribution is 5.79. The summed E-state index contributed by atoms with van der Waals surface area (Å²) in [6.45, 7) is 3.21. The largest absolute Gasteiger partial charge is 0.346 e. The molecule has 1 unspecified atom stereocenters. The Morgan fingerprint density at radius 3 is 2.86 bits per heavy atom. The van der Waals surface area contributed by atoms with Crippen molar-refractivity contribution in [3.63, 3.8) is 0 Å². The molecule has 14 heavy (non-hydrogen) atoms. The van der Waals surface area contributed by atoms with E-state index in [0.29, 0.717) is 6.04 Å². The van der Waals surface area contributed by atoms with E-state index >= 15 is 0 Å². The van der Waals surface area contributed by atoms with Crippen LogP contribution < -0.4 is 5.32 Å². The molecule has 0 amide bonds. The van der Waals surface area contributed by atoms with Gasteiger partial charge in [-0.05, 0) is 31.5 Å². The molecule has 0 bridgehead atoms. The molecule has 0 fully saturated rings. The van der Waals surface area contributed by atoms with E-state index in [1.165, 1.54) is 10.9 Å². The van der Waals surface area contributed by atoms with E-state index in [9.17, 15) is 0 Å². The molecule has 1 aromatic heterocycles. The molecule has 1 atom stereocenters. The topological polar surface area (TPSA) is 17.0 Å². The molecule has 1 aromatic carbocycles. The van der Waals surface area contributed by atoms with Gasteiger partial charge in [-0.1, -0.05) is 18.2 Å². The lowest BCUT2D eigenvalue weighted by molar-refractivity contribution is 0.525. The lowest BCUT2D eigenvalue weighted by Gasteiger charge is -2.12. The first-order valence-corrected chi connectivity index (χ1v) is 5.02. The molecule has 0 spiro atoms. The van der Waals surface area contributed by atoms with E-state index in [-0.39, 0.29) is 0 Å². The number of hydrogen-bond acceptors (Lipinski definition) is 1. The van der Waals surface area contributed by atoms with Crippen molar-refractivity contribution in [1.29, 1.82) is 0 Å². The van der Waals surface area contributed by atoms with Crippen LogP contribution in [0.2, 0.25) is 0 Å². The SMILES string of the molecule is CNC(C)Cn1ccc2ccccc21. The highest BCUT2D eigenvalue weighted by Gasteiger charge is 2.02. The minimum atomic E-state index is 0.505. The number of para-hydroxylation sites is 1. The predicted octanol–water partition coefficient (Wildman–Crippen LogP) is 2.25. The van der Waals surface area contributed by atoms with Crippen molar-refractivity contribution >= 4 is 10.9 Å². The number of hydrogen-bond donors (Lipinski definition) is 1. The van der Waals surface area contributed by atoms with E-state index in [1.807, 2.05) is 7.05 Å². The lowest BCUT2D eigenvalue weighted by atomic mass is 10.2. The van der Waals surface area contributed by atoms with E-state index in [1.54, 1.807) is 0 Å². The summed E-state index contributed by atoms with van der Waals surface area (Å²) < 4.78 is 2.29. The van der Waals surface area contributed by atoms with Gasteiger partial charge in [0.25, 0.3) is 0 Å². The smallest absolute Gasteiger partial charge is 0.0480 e. The molecule has 2 aromatic rings. The highest BCUT2D eigenvalue weighted by atomic mass is 15.0. The minimum Gasteiger partial charge on any atom is -0.346 e. The average Bonchev–Trinajstić information content (AvgIpc) is 2.62. The fourth-order valence-corrected chi connectivity index (χ4v) is 1.69. The van der Waals surface area contributed by atoms with Crippen LogP contribution >= 0.6 is 0 Å². The maximum atomic E-state index is 3.25. The molecule has 0 saturated carbocycles. The van der Waals surface area contributed by atoms with Crippen LogP contribution in [-0.4, -0.2) is 17.7 Å². The van der Waals surface area contributed by atoms with Crippen LogP contribution in [0.4, 0.5) is 0 Å². The average molecular weight is 188 g/mol. The fraction of sp³-hybridized carbons (Fsp3) is 0.333. The molecule has 1 N–H and O–H groups in total. The summed E-state index contributed by atoms with van der Waals surface area (Å²) in [4.78, 5) is 0. The summed E-state index contributed by atoms with van der Waals surface area (Å²) >= 11 is 0. The summed E-state index contributed by atoms with van der Waals surface area (Å²) in [5.41, 5.74) is 1.31. The van der Waals surface area contributed by atoms with Gasteiger partial charge in [-0.15, -0.1) is 0 Å². The molecule has 2 nitrogen and oxygen atoms in total. The number of likely N-dealkylation sites (N-methyl/N-ethyl adjacent to an activating group) is 1. The summed E-state index contributed by atoms with van der Waals surface area (Å²) in [7, 11) is 2.00. The monoisotopic (exact) mass is 188 g/mol. The van der Waals surface area contributed by atoms with Gasteiger partial charge in [0.05, 0.1) is 0 Å². The zero-order chi connectivity index (χ0) is 9.97. The van der Waals surface area contributed by atoms with Crippen LogP contribution in [0.5, 0.6) is 0 Å². The van der Waals surface area contributed by atoms with Crippen molar-refractivity contribution in [3.8, 4) is 0 Å². The Morgan fingerprint density at radius 2 is 2.07 bits per heavy atom. The van der Waals surface area contributed by atoms with Gasteiger partial charge in [0.1, 0.15) is 0 Å². The zero-order valence-corrected chi connectivity index (χ0v) is 8.70. The first kappa shape index (κ1) is 9.28. The number of benzene rings is 1. The van der Waals surface area contributed by atoms with Crippen LogP contribution in [0.15, 0.2) is 36.5 Å². The maximum absolute atomic E-state index is 3.25. The van der Waals surface area contributed by atoms with E-state index in [4.69, 9.17) is 0 Å². The van der Waals surface area contributed by atoms with Gasteiger partial charge < -0.3 is 9.88 Å². The number of aromatic nitrogens is 1. The Bertz CT molecular complexity index is 417. The second-order valence-corrected chi connectivity index (χ2v) is 3.72. The number of nitrogens with one attached hydrogen (secondary N) is 1. The first-order chi connectivity index (χ1) is 6.81. The summed E-state index contributed by atoms with van der Waals surface area (Å²) in [6, 6.07) is 11.1. The van der Waals surface area contributed by atoms with Crippen LogP contribution in [0, 0.1) is 0 Å². The van der Waals surface area contributed by atoms with Crippen molar-refractivity contribution in [3.05, 3.63) is 36.5 Å². The Kier molecular flexibility index (Phi) is 2.55. The van der Waals surface area contributed by atoms with Gasteiger partial charge >= 0.3 is 0 Å². The molecule has 74 valence electrons. The molecule has 1 heterocycles. The van der Waals surface area contributed by atoms with Crippen molar-refractivity contribution in [2.45, 2.75) is 19.5 Å². The van der Waals surface area contributed by atoms with Crippen LogP contribution in [0.3, 0.4) is 0 Å². The molecule has 2 heteroatoms. The van der Waals surface area contributed by atoms with Crippen molar-refractivity contribution in [2.24, 2.45) is 0 Å². The Balaban J connectivity index is 2.33. The highest BCUT2D eigenvalue weighted by Crippen LogP contribution is 2.15. The Labute approximate surface area is 84.5 Å². The quantitative estimate of drug-likeness (QED) is 0.781. The van der Waals surface area contributed by atoms with Gasteiger partial charge in [0.2, 0.25) is 0 Å². The van der Waals surface area contributed by atoms with Crippen LogP contribution in [0.1, 0.15) is 6.92 Å². The second kappa shape index (κ2) is 3.84. The van der Waals surface area contributed by atoms with Gasteiger partial charge in [-0.2, -0.15) is 0 Å². The Hall–Kier alpha value is -1.28. The number of nitrogens with zero attached hydrogens (tertiary/aromatic N) is 1. The van der Waals surface area contributed by atoms with E-state index in [2.05, 4.69) is 53.3 Å². The summed E-state index contributed by atoms with van der Waals surface area (Å²) in [5, 5.41) is 4.56. The van der Waals surface area contributed by atoms with Crippen molar-refractivity contribution < 1.29 is 0 Å². The standard InChI is InChI=1S/C12H16N2/c1-10(13-2)9-14-8-7-11-5-3-4-6-12(11)14/h3-8,10,13H,9H2,1-2H3. The summed E-state index contributed by atoms with van der Waals surface area (Å²) in [6.07, 6.45) is 2.15. The summed E-state index contributed by atoms with van der Waals surface area (Å²) in [5.74, 6) is 0. The van der Waals surface area contributed by atoms with Crippen LogP contribution in [-0.2, 0) is 6.54 Å². The molecule has 2 rings (SSSR count). The van der Waals surface area contributed by atoms with Crippen molar-refractivity contribution in [1.82, 2.24) is 9.88 Å². The van der Waals surface area contributed by atoms with Gasteiger partial charge in [-0.3, -0.25) is 0 Å². The molecular weight excluding hydrogens is 172 g/mol. The molecular formula is C12H16N2. The lowest BCUT2D eigenvalue weighted by Crippen LogP contribution is -2.26. The van der Waals surface area contributed by atoms with Crippen molar-refractivity contribution in [2.75, 3.05) is 7.05 Å². The van der Waals surface area contributed by atoms with Crippen LogP contribution in [0.25, 0.3) is 10.9 Å². The molecule has 0 radical (unpaired) electrons. The zero-order valence-electron chi connectivity index (χ0n) is 8.70. The molecule has 0 aliphatic rings. The number of rotatable bonds is 3. The predicted molar refractivity (Wildman–Crippen MR) is 60.5 cm³/mol. The van der Waals surface area contributed by atoms with E-state index in [0.717, 1.165) is 6.54 Å². The van der Waals surface area contributed by atoms with Gasteiger partial charge in [0, 0.05) is 24.3 Å². The van der Waals surface area contributed by atoms with Gasteiger partial charge in [0.15, 0.2) is 0 Å². The third kappa shape index (κ3) is 1.66. The first-order valence-electron chi connectivity index (χ1n) is 5.02. The normalized spacial score (nSPS) is 13.3. The molecule has 0 aliphatic carbocycles. The molecule has 0 aliphatic heterocycles. The second-order valence-electron chi connectivity index (χ2n) is 3.72. The third-order valence-electron chi connectivity index (χ3n) is 2.64. The Morgan fingerprint density at radius 1 is 1.29 bits per heavy atom.